The monoisotopic (exact) mass is 480 g/mol. The van der Waals surface area contributed by atoms with Gasteiger partial charge < -0.3 is 10.0 Å². The van der Waals surface area contributed by atoms with E-state index in [-0.39, 0.29) is 17.5 Å². The van der Waals surface area contributed by atoms with Crippen LogP contribution in [-0.4, -0.2) is 33.5 Å². The van der Waals surface area contributed by atoms with Crippen LogP contribution in [0.25, 0.3) is 12.2 Å². The minimum atomic E-state index is -1.01. The van der Waals surface area contributed by atoms with E-state index in [1.54, 1.807) is 18.2 Å². The van der Waals surface area contributed by atoms with E-state index in [1.165, 1.54) is 22.7 Å². The summed E-state index contributed by atoms with van der Waals surface area (Å²) >= 11 is 2.75. The molecule has 3 aromatic rings. The summed E-state index contributed by atoms with van der Waals surface area (Å²) in [5.41, 5.74) is 3.40. The molecule has 170 valence electrons. The molecule has 0 unspecified atom stereocenters. The lowest BCUT2D eigenvalue weighted by atomic mass is 9.94. The van der Waals surface area contributed by atoms with E-state index >= 15 is 0 Å². The van der Waals surface area contributed by atoms with Crippen molar-refractivity contribution in [3.8, 4) is 0 Å². The van der Waals surface area contributed by atoms with Crippen LogP contribution in [0.3, 0.4) is 0 Å². The maximum atomic E-state index is 13.2. The predicted molar refractivity (Wildman–Crippen MR) is 135 cm³/mol. The number of nitrogens with zero attached hydrogens (tertiary/aromatic N) is 3. The van der Waals surface area contributed by atoms with Gasteiger partial charge in [0.1, 0.15) is 0 Å². The molecule has 33 heavy (non-hydrogen) atoms. The minimum Gasteiger partial charge on any atom is -0.476 e. The Labute approximate surface area is 200 Å². The van der Waals surface area contributed by atoms with Crippen molar-refractivity contribution in [2.24, 2.45) is 0 Å². The number of carboxylic acid groups (broad SMARTS) is 1. The number of anilines is 2. The molecule has 1 aliphatic rings. The van der Waals surface area contributed by atoms with Crippen LogP contribution >= 0.6 is 22.7 Å². The number of aromatic carboxylic acids is 1. The topological polar surface area (TPSA) is 95.4 Å². The summed E-state index contributed by atoms with van der Waals surface area (Å²) in [7, 11) is 0. The number of benzene rings is 1. The fraction of sp³-hybridized carbons (Fsp3) is 0.250. The highest BCUT2D eigenvalue weighted by molar-refractivity contribution is 7.17. The molecule has 4 rings (SSSR count). The lowest BCUT2D eigenvalue weighted by Crippen LogP contribution is -2.32. The molecule has 0 saturated heterocycles. The number of amides is 1. The minimum absolute atomic E-state index is 0.0694. The quantitative estimate of drug-likeness (QED) is 0.462. The average molecular weight is 481 g/mol. The van der Waals surface area contributed by atoms with Crippen LogP contribution in [0.4, 0.5) is 10.3 Å². The summed E-state index contributed by atoms with van der Waals surface area (Å²) in [6.45, 7) is 12.6. The number of carbonyl (C=O) groups is 2. The summed E-state index contributed by atoms with van der Waals surface area (Å²) in [4.78, 5) is 37.3. The van der Waals surface area contributed by atoms with Gasteiger partial charge in [0.2, 0.25) is 0 Å². The number of rotatable bonds is 7. The van der Waals surface area contributed by atoms with Crippen molar-refractivity contribution in [2.75, 3.05) is 16.8 Å². The summed E-state index contributed by atoms with van der Waals surface area (Å²) in [5.74, 6) is -1.18. The van der Waals surface area contributed by atoms with Gasteiger partial charge in [-0.1, -0.05) is 50.5 Å². The molecule has 0 fully saturated rings. The molecular weight excluding hydrogens is 456 g/mol. The molecule has 0 atom stereocenters. The summed E-state index contributed by atoms with van der Waals surface area (Å²) in [6, 6.07) is 5.72. The van der Waals surface area contributed by atoms with Crippen LogP contribution in [-0.2, 0) is 13.0 Å². The molecule has 0 saturated carbocycles. The Morgan fingerprint density at radius 3 is 2.61 bits per heavy atom. The third kappa shape index (κ3) is 4.46. The molecule has 0 bridgehead atoms. The molecule has 3 heterocycles. The van der Waals surface area contributed by atoms with Crippen LogP contribution in [0.5, 0.6) is 0 Å². The van der Waals surface area contributed by atoms with Gasteiger partial charge in [-0.15, -0.1) is 11.3 Å². The van der Waals surface area contributed by atoms with Crippen LogP contribution < -0.4 is 10.2 Å². The first-order chi connectivity index (χ1) is 15.8. The zero-order chi connectivity index (χ0) is 23.7. The third-order valence-corrected chi connectivity index (χ3v) is 7.84. The van der Waals surface area contributed by atoms with Crippen LogP contribution in [0.2, 0.25) is 0 Å². The molecule has 0 aliphatic carbocycles. The number of carbonyl (C=O) groups excluding carboxylic acids is 1. The van der Waals surface area contributed by atoms with E-state index in [9.17, 15) is 14.7 Å². The zero-order valence-electron chi connectivity index (χ0n) is 18.4. The largest absolute Gasteiger partial charge is 0.476 e. The van der Waals surface area contributed by atoms with Crippen LogP contribution in [0.1, 0.15) is 67.2 Å². The van der Waals surface area contributed by atoms with Crippen molar-refractivity contribution in [3.63, 3.8) is 0 Å². The van der Waals surface area contributed by atoms with Gasteiger partial charge in [0.25, 0.3) is 5.91 Å². The van der Waals surface area contributed by atoms with Gasteiger partial charge in [-0.3, -0.25) is 10.1 Å². The van der Waals surface area contributed by atoms with E-state index < -0.39 is 5.97 Å². The normalized spacial score (nSPS) is 13.0. The van der Waals surface area contributed by atoms with Crippen LogP contribution in [0, 0.1) is 0 Å². The van der Waals surface area contributed by atoms with Gasteiger partial charge in [-0.05, 0) is 41.7 Å². The molecular formula is C24H24N4O3S2. The molecule has 9 heteroatoms. The van der Waals surface area contributed by atoms with Gasteiger partial charge in [0, 0.05) is 23.5 Å². The van der Waals surface area contributed by atoms with E-state index in [0.717, 1.165) is 27.3 Å². The predicted octanol–water partition coefficient (Wildman–Crippen LogP) is 5.52. The SMILES string of the molecule is C=Cc1nc(NC(=O)c2cccc3c2CN(c2nc(C(=O)O)c(C(C)C)s2)CC3)sc1C=C. The molecule has 2 aromatic heterocycles. The molecule has 7 nitrogen and oxygen atoms in total. The highest BCUT2D eigenvalue weighted by Gasteiger charge is 2.27. The number of hydrogen-bond acceptors (Lipinski definition) is 7. The fourth-order valence-corrected chi connectivity index (χ4v) is 5.71. The second kappa shape index (κ2) is 9.29. The van der Waals surface area contributed by atoms with Gasteiger partial charge in [0.15, 0.2) is 16.0 Å². The Hall–Kier alpha value is -3.30. The Balaban J connectivity index is 1.62. The number of nitrogens with one attached hydrogen (secondary N) is 1. The molecule has 0 radical (unpaired) electrons. The molecule has 2 N–H and O–H groups in total. The zero-order valence-corrected chi connectivity index (χ0v) is 20.1. The van der Waals surface area contributed by atoms with Crippen molar-refractivity contribution >= 4 is 57.0 Å². The first-order valence-corrected chi connectivity index (χ1v) is 12.1. The number of aromatic nitrogens is 2. The van der Waals surface area contributed by atoms with Crippen molar-refractivity contribution in [3.05, 3.63) is 69.2 Å². The molecule has 1 aromatic carbocycles. The van der Waals surface area contributed by atoms with E-state index in [2.05, 4.69) is 33.3 Å². The standard InChI is InChI=1S/C24H24N4O3S2/c1-5-17-18(6-2)32-23(25-17)27-21(29)15-9-7-8-14-10-11-28(12-16(14)15)24-26-19(22(30)31)20(33-24)13(3)4/h5-9,13H,1-2,10-12H2,3-4H3,(H,30,31)(H,25,27,29). The summed E-state index contributed by atoms with van der Waals surface area (Å²) < 4.78 is 0. The second-order valence-corrected chi connectivity index (χ2v) is 9.95. The van der Waals surface area contributed by atoms with E-state index in [0.29, 0.717) is 34.6 Å². The summed E-state index contributed by atoms with van der Waals surface area (Å²) in [5, 5.41) is 13.6. The van der Waals surface area contributed by atoms with Crippen molar-refractivity contribution in [2.45, 2.75) is 32.7 Å². The number of thiazole rings is 2. The van der Waals surface area contributed by atoms with Gasteiger partial charge >= 0.3 is 5.97 Å². The highest BCUT2D eigenvalue weighted by atomic mass is 32.1. The van der Waals surface area contributed by atoms with Crippen molar-refractivity contribution in [1.82, 2.24) is 9.97 Å². The maximum absolute atomic E-state index is 13.2. The first kappa shape index (κ1) is 22.9. The Kier molecular flexibility index (Phi) is 6.44. The van der Waals surface area contributed by atoms with E-state index in [4.69, 9.17) is 0 Å². The maximum Gasteiger partial charge on any atom is 0.355 e. The average Bonchev–Trinajstić information content (AvgIpc) is 3.42. The van der Waals surface area contributed by atoms with Gasteiger partial charge in [0.05, 0.1) is 10.6 Å². The lowest BCUT2D eigenvalue weighted by Gasteiger charge is -2.29. The third-order valence-electron chi connectivity index (χ3n) is 5.44. The second-order valence-electron chi connectivity index (χ2n) is 7.91. The molecule has 1 amide bonds. The highest BCUT2D eigenvalue weighted by Crippen LogP contribution is 2.35. The van der Waals surface area contributed by atoms with Gasteiger partial charge in [-0.25, -0.2) is 14.8 Å². The lowest BCUT2D eigenvalue weighted by molar-refractivity contribution is 0.0689. The molecule has 0 spiro atoms. The van der Waals surface area contributed by atoms with Crippen molar-refractivity contribution < 1.29 is 14.7 Å². The van der Waals surface area contributed by atoms with Crippen molar-refractivity contribution in [1.29, 1.82) is 0 Å². The smallest absolute Gasteiger partial charge is 0.355 e. The molecule has 1 aliphatic heterocycles. The fourth-order valence-electron chi connectivity index (χ4n) is 3.81. The summed E-state index contributed by atoms with van der Waals surface area (Å²) in [6.07, 6.45) is 4.07. The van der Waals surface area contributed by atoms with Crippen LogP contribution in [0.15, 0.2) is 31.4 Å². The first-order valence-electron chi connectivity index (χ1n) is 10.5. The number of carboxylic acids is 1. The Morgan fingerprint density at radius 2 is 2.00 bits per heavy atom. The number of fused-ring (bicyclic) bond motifs is 1. The number of hydrogen-bond donors (Lipinski definition) is 2. The van der Waals surface area contributed by atoms with Gasteiger partial charge in [-0.2, -0.15) is 0 Å². The Bertz CT molecular complexity index is 1230. The van der Waals surface area contributed by atoms with E-state index in [1.807, 2.05) is 26.0 Å². The Morgan fingerprint density at radius 1 is 1.21 bits per heavy atom.